The number of anilines is 1. The number of H-pyrrole nitrogens is 1. The zero-order chi connectivity index (χ0) is 22.8. The third-order valence-corrected chi connectivity index (χ3v) is 5.29. The molecule has 8 nitrogen and oxygen atoms in total. The van der Waals surface area contributed by atoms with E-state index < -0.39 is 0 Å². The Morgan fingerprint density at radius 3 is 2.76 bits per heavy atom. The van der Waals surface area contributed by atoms with Crippen molar-refractivity contribution < 1.29 is 19.0 Å². The lowest BCUT2D eigenvalue weighted by Gasteiger charge is -2.12. The maximum Gasteiger partial charge on any atom is 0.272 e. The van der Waals surface area contributed by atoms with Crippen LogP contribution < -0.4 is 19.5 Å². The van der Waals surface area contributed by atoms with Crippen LogP contribution in [0.15, 0.2) is 73.1 Å². The molecule has 0 bridgehead atoms. The predicted molar refractivity (Wildman–Crippen MR) is 125 cm³/mol. The number of hydrogen-bond donors (Lipinski definition) is 2. The molecule has 0 atom stereocenters. The van der Waals surface area contributed by atoms with Crippen LogP contribution in [0.3, 0.4) is 0 Å². The van der Waals surface area contributed by atoms with Gasteiger partial charge in [-0.3, -0.25) is 4.79 Å². The molecule has 3 aromatic heterocycles. The first-order valence-corrected chi connectivity index (χ1v) is 10.3. The predicted octanol–water partition coefficient (Wildman–Crippen LogP) is 4.66. The Bertz CT molecular complexity index is 1420. The van der Waals surface area contributed by atoms with Crippen molar-refractivity contribution in [3.8, 4) is 17.2 Å². The normalized spacial score (nSPS) is 11.0. The zero-order valence-corrected chi connectivity index (χ0v) is 18.2. The molecule has 2 aromatic carbocycles. The van der Waals surface area contributed by atoms with E-state index in [0.717, 1.165) is 28.0 Å². The molecule has 0 radical (unpaired) electrons. The minimum absolute atomic E-state index is 0.262. The average molecular weight is 442 g/mol. The third-order valence-electron chi connectivity index (χ3n) is 5.29. The summed E-state index contributed by atoms with van der Waals surface area (Å²) in [6.07, 6.45) is 3.85. The second-order valence-electron chi connectivity index (χ2n) is 7.44. The molecule has 8 heteroatoms. The standard InChI is InChI=1S/C25H22N4O4/c1-31-19-8-6-16-11-21(28-20(16)13-19)25(30)27-17-7-9-22(32-2)23(12-17)33-15-18-14-29-10-4-3-5-24(29)26-18/h3-14,28H,15H2,1-2H3,(H,27,30). The lowest BCUT2D eigenvalue weighted by atomic mass is 10.2. The molecular formula is C25H22N4O4. The van der Waals surface area contributed by atoms with Gasteiger partial charge in [0.15, 0.2) is 11.5 Å². The van der Waals surface area contributed by atoms with Gasteiger partial charge in [0, 0.05) is 41.1 Å². The molecule has 0 aliphatic heterocycles. The number of amides is 1. The SMILES string of the molecule is COc1ccc2cc(C(=O)Nc3ccc(OC)c(OCc4cn5ccccc5n4)c3)[nH]c2c1. The van der Waals surface area contributed by atoms with Crippen LogP contribution in [0.5, 0.6) is 17.2 Å². The first-order valence-electron chi connectivity index (χ1n) is 10.3. The van der Waals surface area contributed by atoms with Crippen molar-refractivity contribution in [3.05, 3.63) is 84.4 Å². The summed E-state index contributed by atoms with van der Waals surface area (Å²) in [6.45, 7) is 0.263. The van der Waals surface area contributed by atoms with Crippen LogP contribution in [-0.4, -0.2) is 34.5 Å². The van der Waals surface area contributed by atoms with Crippen molar-refractivity contribution >= 4 is 28.1 Å². The Balaban J connectivity index is 1.33. The van der Waals surface area contributed by atoms with E-state index in [-0.39, 0.29) is 12.5 Å². The number of nitrogens with one attached hydrogen (secondary N) is 2. The maximum absolute atomic E-state index is 12.8. The maximum atomic E-state index is 12.8. The zero-order valence-electron chi connectivity index (χ0n) is 18.2. The fourth-order valence-electron chi connectivity index (χ4n) is 3.63. The van der Waals surface area contributed by atoms with E-state index in [9.17, 15) is 4.79 Å². The number of carbonyl (C=O) groups excluding carboxylic acids is 1. The summed E-state index contributed by atoms with van der Waals surface area (Å²) in [5.74, 6) is 1.53. The number of benzene rings is 2. The van der Waals surface area contributed by atoms with Crippen LogP contribution in [0.1, 0.15) is 16.2 Å². The Morgan fingerprint density at radius 1 is 1.03 bits per heavy atom. The van der Waals surface area contributed by atoms with Gasteiger partial charge in [-0.2, -0.15) is 0 Å². The molecule has 3 heterocycles. The largest absolute Gasteiger partial charge is 0.497 e. The minimum atomic E-state index is -0.262. The van der Waals surface area contributed by atoms with Crippen molar-refractivity contribution in [3.63, 3.8) is 0 Å². The molecule has 1 amide bonds. The van der Waals surface area contributed by atoms with Crippen LogP contribution >= 0.6 is 0 Å². The Labute approximate surface area is 189 Å². The first-order chi connectivity index (χ1) is 16.1. The number of nitrogens with zero attached hydrogens (tertiary/aromatic N) is 2. The number of ether oxygens (including phenoxy) is 3. The highest BCUT2D eigenvalue weighted by atomic mass is 16.5. The van der Waals surface area contributed by atoms with Gasteiger partial charge in [0.1, 0.15) is 23.7 Å². The van der Waals surface area contributed by atoms with Gasteiger partial charge in [-0.15, -0.1) is 0 Å². The number of methoxy groups -OCH3 is 2. The highest BCUT2D eigenvalue weighted by Gasteiger charge is 2.13. The van der Waals surface area contributed by atoms with E-state index in [1.807, 2.05) is 53.2 Å². The smallest absolute Gasteiger partial charge is 0.272 e. The van der Waals surface area contributed by atoms with Crippen LogP contribution in [0.2, 0.25) is 0 Å². The molecule has 0 unspecified atom stereocenters. The van der Waals surface area contributed by atoms with Gasteiger partial charge in [-0.1, -0.05) is 6.07 Å². The van der Waals surface area contributed by atoms with Gasteiger partial charge in [0.25, 0.3) is 5.91 Å². The van der Waals surface area contributed by atoms with Gasteiger partial charge < -0.3 is 28.9 Å². The van der Waals surface area contributed by atoms with Crippen molar-refractivity contribution in [1.82, 2.24) is 14.4 Å². The highest BCUT2D eigenvalue weighted by Crippen LogP contribution is 2.31. The van der Waals surface area contributed by atoms with E-state index >= 15 is 0 Å². The molecule has 5 rings (SSSR count). The number of imidazole rings is 1. The molecule has 166 valence electrons. The topological polar surface area (TPSA) is 89.9 Å². The van der Waals surface area contributed by atoms with E-state index in [0.29, 0.717) is 22.9 Å². The van der Waals surface area contributed by atoms with Crippen molar-refractivity contribution in [2.24, 2.45) is 0 Å². The highest BCUT2D eigenvalue weighted by molar-refractivity contribution is 6.06. The summed E-state index contributed by atoms with van der Waals surface area (Å²) >= 11 is 0. The van der Waals surface area contributed by atoms with Gasteiger partial charge in [-0.05, 0) is 42.5 Å². The number of aromatic amines is 1. The molecule has 33 heavy (non-hydrogen) atoms. The lowest BCUT2D eigenvalue weighted by molar-refractivity contribution is 0.102. The minimum Gasteiger partial charge on any atom is -0.497 e. The summed E-state index contributed by atoms with van der Waals surface area (Å²) < 4.78 is 18.6. The van der Waals surface area contributed by atoms with Crippen LogP contribution in [0, 0.1) is 0 Å². The number of pyridine rings is 1. The summed E-state index contributed by atoms with van der Waals surface area (Å²) in [4.78, 5) is 20.5. The van der Waals surface area contributed by atoms with Crippen LogP contribution in [-0.2, 0) is 6.61 Å². The second kappa shape index (κ2) is 8.58. The summed E-state index contributed by atoms with van der Waals surface area (Å²) in [5.41, 5.74) is 3.49. The summed E-state index contributed by atoms with van der Waals surface area (Å²) in [7, 11) is 3.18. The molecule has 5 aromatic rings. The molecule has 0 aliphatic carbocycles. The number of aromatic nitrogens is 3. The van der Waals surface area contributed by atoms with E-state index in [2.05, 4.69) is 15.3 Å². The number of rotatable bonds is 7. The molecule has 0 saturated carbocycles. The molecule has 0 spiro atoms. The number of fused-ring (bicyclic) bond motifs is 2. The van der Waals surface area contributed by atoms with Crippen molar-refractivity contribution in [1.29, 1.82) is 0 Å². The Hall–Kier alpha value is -4.46. The van der Waals surface area contributed by atoms with Gasteiger partial charge in [0.2, 0.25) is 0 Å². The molecule has 2 N–H and O–H groups in total. The van der Waals surface area contributed by atoms with Crippen LogP contribution in [0.25, 0.3) is 16.6 Å². The van der Waals surface area contributed by atoms with E-state index in [1.54, 1.807) is 38.5 Å². The molecular weight excluding hydrogens is 420 g/mol. The van der Waals surface area contributed by atoms with Crippen molar-refractivity contribution in [2.45, 2.75) is 6.61 Å². The monoisotopic (exact) mass is 442 g/mol. The summed E-state index contributed by atoms with van der Waals surface area (Å²) in [6, 6.07) is 18.5. The summed E-state index contributed by atoms with van der Waals surface area (Å²) in [5, 5.41) is 3.83. The quantitative estimate of drug-likeness (QED) is 0.383. The Kier molecular flexibility index (Phi) is 5.32. The lowest BCUT2D eigenvalue weighted by Crippen LogP contribution is -2.12. The Morgan fingerprint density at radius 2 is 1.94 bits per heavy atom. The number of carbonyl (C=O) groups is 1. The van der Waals surface area contributed by atoms with Gasteiger partial charge >= 0.3 is 0 Å². The van der Waals surface area contributed by atoms with Crippen LogP contribution in [0.4, 0.5) is 5.69 Å². The fraction of sp³-hybridized carbons (Fsp3) is 0.120. The van der Waals surface area contributed by atoms with Gasteiger partial charge in [-0.25, -0.2) is 4.98 Å². The number of hydrogen-bond acceptors (Lipinski definition) is 5. The third kappa shape index (κ3) is 4.18. The van der Waals surface area contributed by atoms with E-state index in [4.69, 9.17) is 14.2 Å². The molecule has 0 aliphatic rings. The van der Waals surface area contributed by atoms with Crippen molar-refractivity contribution in [2.75, 3.05) is 19.5 Å². The first kappa shape index (κ1) is 20.4. The molecule has 0 fully saturated rings. The average Bonchev–Trinajstić information content (AvgIpc) is 3.46. The molecule has 0 saturated heterocycles. The second-order valence-corrected chi connectivity index (χ2v) is 7.44. The van der Waals surface area contributed by atoms with Gasteiger partial charge in [0.05, 0.1) is 19.9 Å². The fourth-order valence-corrected chi connectivity index (χ4v) is 3.63. The van der Waals surface area contributed by atoms with E-state index in [1.165, 1.54) is 0 Å².